The van der Waals surface area contributed by atoms with Gasteiger partial charge >= 0.3 is 5.97 Å². The summed E-state index contributed by atoms with van der Waals surface area (Å²) < 4.78 is 7.07. The quantitative estimate of drug-likeness (QED) is 0.538. The van der Waals surface area contributed by atoms with Crippen LogP contribution >= 0.6 is 0 Å². The summed E-state index contributed by atoms with van der Waals surface area (Å²) in [5, 5.41) is 5.36. The number of hydrogen-bond donors (Lipinski definition) is 0. The summed E-state index contributed by atoms with van der Waals surface area (Å²) in [6.45, 7) is 0.513. The van der Waals surface area contributed by atoms with E-state index in [0.29, 0.717) is 18.7 Å². The van der Waals surface area contributed by atoms with Crippen molar-refractivity contribution in [3.63, 3.8) is 0 Å². The van der Waals surface area contributed by atoms with Crippen molar-refractivity contribution in [3.05, 3.63) is 60.8 Å². The lowest BCUT2D eigenvalue weighted by molar-refractivity contribution is -0.134. The van der Waals surface area contributed by atoms with E-state index in [4.69, 9.17) is 4.74 Å². The Labute approximate surface area is 116 Å². The molecule has 20 heavy (non-hydrogen) atoms. The number of carbonyl (C=O) groups excluding carboxylic acids is 1. The second-order valence-electron chi connectivity index (χ2n) is 4.46. The largest absolute Gasteiger partial charge is 0.426 e. The predicted octanol–water partition coefficient (Wildman–Crippen LogP) is 3.03. The molecule has 1 heterocycles. The molecule has 0 N–H and O–H groups in total. The van der Waals surface area contributed by atoms with Gasteiger partial charge in [0.05, 0.1) is 24.7 Å². The fourth-order valence-electron chi connectivity index (χ4n) is 2.07. The van der Waals surface area contributed by atoms with Crippen LogP contribution in [0.1, 0.15) is 6.42 Å². The van der Waals surface area contributed by atoms with Crippen LogP contribution in [0.15, 0.2) is 60.8 Å². The van der Waals surface area contributed by atoms with Gasteiger partial charge in [-0.05, 0) is 18.2 Å². The van der Waals surface area contributed by atoms with E-state index in [0.717, 1.165) is 10.9 Å². The minimum atomic E-state index is -0.254. The Bertz CT molecular complexity index is 719. The Hall–Kier alpha value is -2.62. The highest BCUT2D eigenvalue weighted by Gasteiger charge is 2.07. The Morgan fingerprint density at radius 1 is 1.05 bits per heavy atom. The van der Waals surface area contributed by atoms with Gasteiger partial charge in [-0.15, -0.1) is 0 Å². The third-order valence-electron chi connectivity index (χ3n) is 3.05. The second-order valence-corrected chi connectivity index (χ2v) is 4.46. The van der Waals surface area contributed by atoms with Crippen LogP contribution in [-0.2, 0) is 11.3 Å². The van der Waals surface area contributed by atoms with E-state index in [-0.39, 0.29) is 5.97 Å². The molecule has 0 unspecified atom stereocenters. The van der Waals surface area contributed by atoms with Crippen molar-refractivity contribution in [3.8, 4) is 5.75 Å². The first kappa shape index (κ1) is 12.4. The van der Waals surface area contributed by atoms with Gasteiger partial charge in [0.25, 0.3) is 0 Å². The number of benzene rings is 2. The van der Waals surface area contributed by atoms with Crippen LogP contribution in [0, 0.1) is 0 Å². The van der Waals surface area contributed by atoms with Crippen molar-refractivity contribution in [2.75, 3.05) is 0 Å². The number of nitrogens with zero attached hydrogens (tertiary/aromatic N) is 2. The van der Waals surface area contributed by atoms with Crippen molar-refractivity contribution in [2.45, 2.75) is 13.0 Å². The molecule has 3 rings (SSSR count). The van der Waals surface area contributed by atoms with E-state index in [9.17, 15) is 4.79 Å². The van der Waals surface area contributed by atoms with Crippen molar-refractivity contribution < 1.29 is 9.53 Å². The van der Waals surface area contributed by atoms with Crippen LogP contribution in [0.25, 0.3) is 10.9 Å². The standard InChI is InChI=1S/C16H14N2O2/c19-16(20-14-7-2-1-3-8-14)10-11-18-15-9-5-4-6-13(15)12-17-18/h1-9,12H,10-11H2. The van der Waals surface area contributed by atoms with Crippen LogP contribution in [-0.4, -0.2) is 15.7 Å². The maximum atomic E-state index is 11.8. The van der Waals surface area contributed by atoms with E-state index in [1.165, 1.54) is 0 Å². The number of ether oxygens (including phenoxy) is 1. The zero-order chi connectivity index (χ0) is 13.8. The topological polar surface area (TPSA) is 44.1 Å². The summed E-state index contributed by atoms with van der Waals surface area (Å²) in [6, 6.07) is 17.0. The molecule has 0 bridgehead atoms. The number of rotatable bonds is 4. The third-order valence-corrected chi connectivity index (χ3v) is 3.05. The molecule has 1 aromatic heterocycles. The van der Waals surface area contributed by atoms with E-state index >= 15 is 0 Å². The molecule has 0 aliphatic rings. The smallest absolute Gasteiger partial charge is 0.313 e. The number of fused-ring (bicyclic) bond motifs is 1. The van der Waals surface area contributed by atoms with E-state index in [1.54, 1.807) is 18.3 Å². The maximum absolute atomic E-state index is 11.8. The minimum Gasteiger partial charge on any atom is -0.426 e. The molecular formula is C16H14N2O2. The first-order valence-corrected chi connectivity index (χ1v) is 6.49. The van der Waals surface area contributed by atoms with Gasteiger partial charge in [-0.3, -0.25) is 9.48 Å². The molecule has 4 nitrogen and oxygen atoms in total. The van der Waals surface area contributed by atoms with Crippen LogP contribution in [0.3, 0.4) is 0 Å². The molecule has 0 aliphatic carbocycles. The zero-order valence-electron chi connectivity index (χ0n) is 10.9. The Kier molecular flexibility index (Phi) is 3.46. The minimum absolute atomic E-state index is 0.254. The molecule has 0 spiro atoms. The number of esters is 1. The van der Waals surface area contributed by atoms with Crippen LogP contribution < -0.4 is 4.74 Å². The second kappa shape index (κ2) is 5.57. The average Bonchev–Trinajstić information content (AvgIpc) is 2.89. The highest BCUT2D eigenvalue weighted by Crippen LogP contribution is 2.14. The number of aryl methyl sites for hydroxylation is 1. The summed E-state index contributed by atoms with van der Waals surface area (Å²) in [4.78, 5) is 11.8. The lowest BCUT2D eigenvalue weighted by Gasteiger charge is -2.05. The molecule has 0 aliphatic heterocycles. The summed E-state index contributed by atoms with van der Waals surface area (Å²) in [5.41, 5.74) is 1.03. The molecule has 2 aromatic carbocycles. The first-order valence-electron chi connectivity index (χ1n) is 6.49. The van der Waals surface area contributed by atoms with Crippen molar-refractivity contribution in [1.29, 1.82) is 0 Å². The van der Waals surface area contributed by atoms with E-state index < -0.39 is 0 Å². The van der Waals surface area contributed by atoms with Crippen LogP contribution in [0.5, 0.6) is 5.75 Å². The van der Waals surface area contributed by atoms with Gasteiger partial charge in [0.1, 0.15) is 5.75 Å². The highest BCUT2D eigenvalue weighted by molar-refractivity contribution is 5.78. The number of carbonyl (C=O) groups is 1. The van der Waals surface area contributed by atoms with Crippen molar-refractivity contribution in [2.24, 2.45) is 0 Å². The molecule has 3 aromatic rings. The zero-order valence-corrected chi connectivity index (χ0v) is 10.9. The monoisotopic (exact) mass is 266 g/mol. The van der Waals surface area contributed by atoms with Gasteiger partial charge in [-0.2, -0.15) is 5.10 Å². The Balaban J connectivity index is 1.63. The third kappa shape index (κ3) is 2.69. The normalized spacial score (nSPS) is 10.6. The Morgan fingerprint density at radius 3 is 2.65 bits per heavy atom. The van der Waals surface area contributed by atoms with E-state index in [2.05, 4.69) is 5.10 Å². The van der Waals surface area contributed by atoms with Gasteiger partial charge in [-0.1, -0.05) is 36.4 Å². The number of para-hydroxylation sites is 2. The summed E-state index contributed by atoms with van der Waals surface area (Å²) >= 11 is 0. The number of hydrogen-bond acceptors (Lipinski definition) is 3. The fourth-order valence-corrected chi connectivity index (χ4v) is 2.07. The molecule has 0 saturated heterocycles. The summed E-state index contributed by atoms with van der Waals surface area (Å²) in [5.74, 6) is 0.318. The number of aromatic nitrogens is 2. The Morgan fingerprint density at radius 2 is 1.80 bits per heavy atom. The average molecular weight is 266 g/mol. The van der Waals surface area contributed by atoms with Gasteiger partial charge in [0, 0.05) is 5.39 Å². The molecule has 100 valence electrons. The molecule has 0 saturated carbocycles. The molecule has 0 radical (unpaired) electrons. The van der Waals surface area contributed by atoms with Gasteiger partial charge < -0.3 is 4.74 Å². The summed E-state index contributed by atoms with van der Waals surface area (Å²) in [6.07, 6.45) is 2.10. The molecule has 0 atom stereocenters. The summed E-state index contributed by atoms with van der Waals surface area (Å²) in [7, 11) is 0. The van der Waals surface area contributed by atoms with Gasteiger partial charge in [-0.25, -0.2) is 0 Å². The van der Waals surface area contributed by atoms with Crippen LogP contribution in [0.4, 0.5) is 0 Å². The fraction of sp³-hybridized carbons (Fsp3) is 0.125. The predicted molar refractivity (Wildman–Crippen MR) is 76.4 cm³/mol. The SMILES string of the molecule is O=C(CCn1ncc2ccccc21)Oc1ccccc1. The van der Waals surface area contributed by atoms with Gasteiger partial charge in [0.15, 0.2) is 0 Å². The van der Waals surface area contributed by atoms with Crippen molar-refractivity contribution >= 4 is 16.9 Å². The molecule has 4 heteroatoms. The first-order chi connectivity index (χ1) is 9.83. The van der Waals surface area contributed by atoms with Crippen molar-refractivity contribution in [1.82, 2.24) is 9.78 Å². The highest BCUT2D eigenvalue weighted by atomic mass is 16.5. The van der Waals surface area contributed by atoms with Crippen LogP contribution in [0.2, 0.25) is 0 Å². The lowest BCUT2D eigenvalue weighted by Crippen LogP contribution is -2.12. The molecular weight excluding hydrogens is 252 g/mol. The molecule has 0 amide bonds. The maximum Gasteiger partial charge on any atom is 0.313 e. The lowest BCUT2D eigenvalue weighted by atomic mass is 10.2. The van der Waals surface area contributed by atoms with Gasteiger partial charge in [0.2, 0.25) is 0 Å². The van der Waals surface area contributed by atoms with E-state index in [1.807, 2.05) is 47.1 Å². The molecule has 0 fully saturated rings.